The van der Waals surface area contributed by atoms with Crippen LogP contribution in [-0.2, 0) is 9.53 Å². The second-order valence-electron chi connectivity index (χ2n) is 5.95. The third-order valence-corrected chi connectivity index (χ3v) is 4.00. The number of rotatable bonds is 6. The molecule has 0 bridgehead atoms. The molecule has 1 heterocycles. The molecule has 1 atom stereocenters. The molecule has 1 amide bonds. The van der Waals surface area contributed by atoms with E-state index < -0.39 is 0 Å². The van der Waals surface area contributed by atoms with Crippen molar-refractivity contribution in [1.82, 2.24) is 10.2 Å². The van der Waals surface area contributed by atoms with Crippen LogP contribution in [0.25, 0.3) is 6.08 Å². The van der Waals surface area contributed by atoms with Crippen molar-refractivity contribution >= 4 is 12.0 Å². The van der Waals surface area contributed by atoms with Crippen LogP contribution in [0.2, 0.25) is 0 Å². The van der Waals surface area contributed by atoms with Crippen LogP contribution < -0.4 is 5.32 Å². The molecule has 4 nitrogen and oxygen atoms in total. The lowest BCUT2D eigenvalue weighted by Crippen LogP contribution is -2.51. The highest BCUT2D eigenvalue weighted by Crippen LogP contribution is 2.12. The van der Waals surface area contributed by atoms with E-state index in [9.17, 15) is 4.79 Å². The first-order valence-electron chi connectivity index (χ1n) is 7.99. The van der Waals surface area contributed by atoms with Gasteiger partial charge in [-0.15, -0.1) is 0 Å². The number of morpholine rings is 1. The molecule has 1 fully saturated rings. The lowest BCUT2D eigenvalue weighted by molar-refractivity contribution is -0.116. The van der Waals surface area contributed by atoms with Crippen LogP contribution in [-0.4, -0.2) is 49.7 Å². The highest BCUT2D eigenvalue weighted by molar-refractivity contribution is 5.91. The van der Waals surface area contributed by atoms with E-state index in [-0.39, 0.29) is 5.91 Å². The molecule has 1 saturated heterocycles. The highest BCUT2D eigenvalue weighted by Gasteiger charge is 2.23. The monoisotopic (exact) mass is 302 g/mol. The van der Waals surface area contributed by atoms with Crippen molar-refractivity contribution in [1.29, 1.82) is 0 Å². The van der Waals surface area contributed by atoms with Gasteiger partial charge in [0.1, 0.15) is 0 Å². The number of hydrogen-bond acceptors (Lipinski definition) is 3. The number of nitrogens with zero attached hydrogens (tertiary/aromatic N) is 1. The van der Waals surface area contributed by atoms with E-state index in [4.69, 9.17) is 4.74 Å². The number of hydrogen-bond donors (Lipinski definition) is 1. The Morgan fingerprint density at radius 1 is 1.27 bits per heavy atom. The van der Waals surface area contributed by atoms with Gasteiger partial charge in [0.25, 0.3) is 0 Å². The maximum atomic E-state index is 12.0. The molecule has 2 rings (SSSR count). The first-order chi connectivity index (χ1) is 10.7. The van der Waals surface area contributed by atoms with E-state index in [1.54, 1.807) is 6.08 Å². The Bertz CT molecular complexity index is 479. The normalized spacial score (nSPS) is 17.8. The average molecular weight is 302 g/mol. The van der Waals surface area contributed by atoms with Gasteiger partial charge in [-0.1, -0.05) is 44.2 Å². The number of nitrogens with one attached hydrogen (secondary N) is 1. The first kappa shape index (κ1) is 16.7. The van der Waals surface area contributed by atoms with Crippen molar-refractivity contribution in [3.05, 3.63) is 42.0 Å². The Hall–Kier alpha value is -1.65. The SMILES string of the molecule is CC(C)C(CNC(=O)C=Cc1ccccc1)N1CCOCC1. The molecule has 22 heavy (non-hydrogen) atoms. The minimum absolute atomic E-state index is 0.0391. The van der Waals surface area contributed by atoms with E-state index in [0.717, 1.165) is 31.9 Å². The molecule has 1 N–H and O–H groups in total. The van der Waals surface area contributed by atoms with Gasteiger partial charge in [0, 0.05) is 31.8 Å². The maximum Gasteiger partial charge on any atom is 0.244 e. The van der Waals surface area contributed by atoms with E-state index in [1.807, 2.05) is 36.4 Å². The van der Waals surface area contributed by atoms with Gasteiger partial charge in [0.15, 0.2) is 0 Å². The van der Waals surface area contributed by atoms with Gasteiger partial charge >= 0.3 is 0 Å². The molecule has 0 aliphatic carbocycles. The predicted octanol–water partition coefficient (Wildman–Crippen LogP) is 2.17. The molecule has 1 aromatic carbocycles. The Morgan fingerprint density at radius 3 is 2.59 bits per heavy atom. The average Bonchev–Trinajstić information content (AvgIpc) is 2.55. The second kappa shape index (κ2) is 8.71. The Balaban J connectivity index is 1.83. The molecule has 0 spiro atoms. The smallest absolute Gasteiger partial charge is 0.244 e. The van der Waals surface area contributed by atoms with Crippen LogP contribution in [0.3, 0.4) is 0 Å². The summed E-state index contributed by atoms with van der Waals surface area (Å²) in [6.07, 6.45) is 3.44. The Morgan fingerprint density at radius 2 is 1.95 bits per heavy atom. The zero-order valence-electron chi connectivity index (χ0n) is 13.5. The zero-order valence-corrected chi connectivity index (χ0v) is 13.5. The molecular weight excluding hydrogens is 276 g/mol. The molecule has 1 aliphatic heterocycles. The molecule has 0 saturated carbocycles. The fourth-order valence-corrected chi connectivity index (χ4v) is 2.70. The van der Waals surface area contributed by atoms with Gasteiger partial charge in [0.05, 0.1) is 13.2 Å². The van der Waals surface area contributed by atoms with E-state index in [2.05, 4.69) is 24.1 Å². The van der Waals surface area contributed by atoms with Crippen LogP contribution in [0, 0.1) is 5.92 Å². The van der Waals surface area contributed by atoms with Gasteiger partial charge < -0.3 is 10.1 Å². The standard InChI is InChI=1S/C18H26N2O2/c1-15(2)17(20-10-12-22-13-11-20)14-19-18(21)9-8-16-6-4-3-5-7-16/h3-9,15,17H,10-14H2,1-2H3,(H,19,21). The van der Waals surface area contributed by atoms with Gasteiger partial charge in [0.2, 0.25) is 5.91 Å². The molecule has 0 radical (unpaired) electrons. The van der Waals surface area contributed by atoms with Crippen LogP contribution in [0.5, 0.6) is 0 Å². The molecule has 4 heteroatoms. The second-order valence-corrected chi connectivity index (χ2v) is 5.95. The summed E-state index contributed by atoms with van der Waals surface area (Å²) in [7, 11) is 0. The number of benzene rings is 1. The number of carbonyl (C=O) groups is 1. The van der Waals surface area contributed by atoms with E-state index in [0.29, 0.717) is 18.5 Å². The van der Waals surface area contributed by atoms with Crippen molar-refractivity contribution in [3.63, 3.8) is 0 Å². The van der Waals surface area contributed by atoms with Crippen molar-refractivity contribution < 1.29 is 9.53 Å². The Labute approximate surface area is 133 Å². The topological polar surface area (TPSA) is 41.6 Å². The zero-order chi connectivity index (χ0) is 15.8. The summed E-state index contributed by atoms with van der Waals surface area (Å²) < 4.78 is 5.40. The quantitative estimate of drug-likeness (QED) is 0.819. The van der Waals surface area contributed by atoms with Crippen LogP contribution in [0.15, 0.2) is 36.4 Å². The van der Waals surface area contributed by atoms with E-state index >= 15 is 0 Å². The maximum absolute atomic E-state index is 12.0. The molecule has 120 valence electrons. The molecule has 1 aromatic rings. The van der Waals surface area contributed by atoms with Crippen molar-refractivity contribution in [2.75, 3.05) is 32.8 Å². The molecular formula is C18H26N2O2. The summed E-state index contributed by atoms with van der Waals surface area (Å²) in [6, 6.07) is 10.2. The van der Waals surface area contributed by atoms with Gasteiger partial charge in [-0.25, -0.2) is 0 Å². The summed E-state index contributed by atoms with van der Waals surface area (Å²) in [5, 5.41) is 3.02. The van der Waals surface area contributed by atoms with Crippen molar-refractivity contribution in [3.8, 4) is 0 Å². The fourth-order valence-electron chi connectivity index (χ4n) is 2.70. The minimum atomic E-state index is -0.0391. The predicted molar refractivity (Wildman–Crippen MR) is 89.5 cm³/mol. The lowest BCUT2D eigenvalue weighted by Gasteiger charge is -2.36. The summed E-state index contributed by atoms with van der Waals surface area (Å²) in [5.41, 5.74) is 1.03. The fraction of sp³-hybridized carbons (Fsp3) is 0.500. The highest BCUT2D eigenvalue weighted by atomic mass is 16.5. The number of ether oxygens (including phenoxy) is 1. The van der Waals surface area contributed by atoms with Gasteiger partial charge in [-0.2, -0.15) is 0 Å². The van der Waals surface area contributed by atoms with E-state index in [1.165, 1.54) is 0 Å². The minimum Gasteiger partial charge on any atom is -0.379 e. The third-order valence-electron chi connectivity index (χ3n) is 4.00. The first-order valence-corrected chi connectivity index (χ1v) is 7.99. The molecule has 1 aliphatic rings. The summed E-state index contributed by atoms with van der Waals surface area (Å²) in [4.78, 5) is 14.4. The molecule has 1 unspecified atom stereocenters. The summed E-state index contributed by atoms with van der Waals surface area (Å²) >= 11 is 0. The summed E-state index contributed by atoms with van der Waals surface area (Å²) in [6.45, 7) is 8.53. The largest absolute Gasteiger partial charge is 0.379 e. The van der Waals surface area contributed by atoms with Crippen molar-refractivity contribution in [2.24, 2.45) is 5.92 Å². The van der Waals surface area contributed by atoms with Gasteiger partial charge in [-0.3, -0.25) is 9.69 Å². The van der Waals surface area contributed by atoms with Gasteiger partial charge in [-0.05, 0) is 17.6 Å². The van der Waals surface area contributed by atoms with Crippen LogP contribution >= 0.6 is 0 Å². The number of amides is 1. The Kier molecular flexibility index (Phi) is 6.62. The third kappa shape index (κ3) is 5.28. The lowest BCUT2D eigenvalue weighted by atomic mass is 10.0. The van der Waals surface area contributed by atoms with Crippen LogP contribution in [0.4, 0.5) is 0 Å². The molecule has 0 aromatic heterocycles. The summed E-state index contributed by atoms with van der Waals surface area (Å²) in [5.74, 6) is 0.458. The van der Waals surface area contributed by atoms with Crippen molar-refractivity contribution in [2.45, 2.75) is 19.9 Å². The van der Waals surface area contributed by atoms with Crippen LogP contribution in [0.1, 0.15) is 19.4 Å². The number of carbonyl (C=O) groups excluding carboxylic acids is 1.